The highest BCUT2D eigenvalue weighted by molar-refractivity contribution is 5.22. The van der Waals surface area contributed by atoms with Crippen LogP contribution in [0.1, 0.15) is 44.1 Å². The standard InChI is InChI=1S/C17H25NO/c1-2-17-14(8-9-19-17)12-18-16-10-15(11-16)13-6-4-3-5-7-13/h3-7,14-18H,2,8-12H2,1H3. The van der Waals surface area contributed by atoms with Gasteiger partial charge in [0, 0.05) is 19.2 Å². The van der Waals surface area contributed by atoms with Crippen molar-refractivity contribution in [1.29, 1.82) is 0 Å². The number of hydrogen-bond acceptors (Lipinski definition) is 2. The van der Waals surface area contributed by atoms with Gasteiger partial charge in [0.25, 0.3) is 0 Å². The van der Waals surface area contributed by atoms with Crippen LogP contribution in [0.3, 0.4) is 0 Å². The molecule has 1 saturated heterocycles. The Hall–Kier alpha value is -0.860. The van der Waals surface area contributed by atoms with Crippen LogP contribution < -0.4 is 5.32 Å². The molecule has 0 bridgehead atoms. The van der Waals surface area contributed by atoms with Crippen LogP contribution in [0.4, 0.5) is 0 Å². The first-order chi connectivity index (χ1) is 9.36. The number of nitrogens with one attached hydrogen (secondary N) is 1. The molecular weight excluding hydrogens is 234 g/mol. The molecule has 2 fully saturated rings. The van der Waals surface area contributed by atoms with E-state index in [1.807, 2.05) is 0 Å². The first-order valence-corrected chi connectivity index (χ1v) is 7.76. The van der Waals surface area contributed by atoms with E-state index in [0.717, 1.165) is 37.5 Å². The zero-order valence-corrected chi connectivity index (χ0v) is 11.8. The van der Waals surface area contributed by atoms with Crippen LogP contribution in [0, 0.1) is 5.92 Å². The van der Waals surface area contributed by atoms with Crippen molar-refractivity contribution >= 4 is 0 Å². The van der Waals surface area contributed by atoms with Crippen LogP contribution in [-0.2, 0) is 4.74 Å². The summed E-state index contributed by atoms with van der Waals surface area (Å²) in [7, 11) is 0. The Balaban J connectivity index is 1.40. The van der Waals surface area contributed by atoms with Crippen molar-refractivity contribution in [3.8, 4) is 0 Å². The minimum Gasteiger partial charge on any atom is -0.378 e. The minimum absolute atomic E-state index is 0.498. The lowest BCUT2D eigenvalue weighted by atomic mass is 9.75. The Kier molecular flexibility index (Phi) is 4.19. The van der Waals surface area contributed by atoms with Crippen molar-refractivity contribution in [2.45, 2.75) is 50.7 Å². The molecule has 2 heteroatoms. The molecule has 1 aliphatic heterocycles. The molecule has 0 spiro atoms. The van der Waals surface area contributed by atoms with Gasteiger partial charge in [-0.3, -0.25) is 0 Å². The smallest absolute Gasteiger partial charge is 0.0613 e. The Morgan fingerprint density at radius 3 is 2.74 bits per heavy atom. The van der Waals surface area contributed by atoms with Gasteiger partial charge < -0.3 is 10.1 Å². The van der Waals surface area contributed by atoms with Crippen molar-refractivity contribution in [3.05, 3.63) is 35.9 Å². The van der Waals surface area contributed by atoms with Gasteiger partial charge in [-0.05, 0) is 43.1 Å². The van der Waals surface area contributed by atoms with Gasteiger partial charge in [0.2, 0.25) is 0 Å². The first-order valence-electron chi connectivity index (χ1n) is 7.76. The highest BCUT2D eigenvalue weighted by Crippen LogP contribution is 2.37. The maximum Gasteiger partial charge on any atom is 0.0613 e. The molecule has 2 unspecified atom stereocenters. The lowest BCUT2D eigenvalue weighted by Gasteiger charge is -2.37. The maximum atomic E-state index is 5.75. The molecule has 1 aliphatic carbocycles. The van der Waals surface area contributed by atoms with Crippen molar-refractivity contribution in [3.63, 3.8) is 0 Å². The summed E-state index contributed by atoms with van der Waals surface area (Å²) in [4.78, 5) is 0. The van der Waals surface area contributed by atoms with Crippen LogP contribution in [0.5, 0.6) is 0 Å². The fourth-order valence-electron chi connectivity index (χ4n) is 3.48. The highest BCUT2D eigenvalue weighted by atomic mass is 16.5. The van der Waals surface area contributed by atoms with Crippen molar-refractivity contribution in [2.75, 3.05) is 13.2 Å². The molecule has 104 valence electrons. The molecule has 1 N–H and O–H groups in total. The van der Waals surface area contributed by atoms with Gasteiger partial charge in [-0.2, -0.15) is 0 Å². The molecule has 1 saturated carbocycles. The van der Waals surface area contributed by atoms with E-state index in [-0.39, 0.29) is 0 Å². The third-order valence-corrected chi connectivity index (χ3v) is 4.83. The summed E-state index contributed by atoms with van der Waals surface area (Å²) < 4.78 is 5.75. The lowest BCUT2D eigenvalue weighted by Crippen LogP contribution is -2.43. The molecule has 0 aromatic heterocycles. The van der Waals surface area contributed by atoms with Gasteiger partial charge in [0.1, 0.15) is 0 Å². The normalized spacial score (nSPS) is 34.2. The third kappa shape index (κ3) is 3.01. The number of rotatable bonds is 5. The van der Waals surface area contributed by atoms with Gasteiger partial charge in [0.15, 0.2) is 0 Å². The molecule has 0 radical (unpaired) electrons. The summed E-state index contributed by atoms with van der Waals surface area (Å²) in [5.74, 6) is 1.52. The molecule has 3 rings (SSSR count). The van der Waals surface area contributed by atoms with Gasteiger partial charge in [-0.1, -0.05) is 37.3 Å². The Morgan fingerprint density at radius 1 is 1.21 bits per heavy atom. The minimum atomic E-state index is 0.498. The fourth-order valence-corrected chi connectivity index (χ4v) is 3.48. The number of benzene rings is 1. The average Bonchev–Trinajstić information content (AvgIpc) is 2.85. The molecule has 1 aromatic rings. The average molecular weight is 259 g/mol. The van der Waals surface area contributed by atoms with E-state index in [1.165, 1.54) is 24.8 Å². The van der Waals surface area contributed by atoms with E-state index >= 15 is 0 Å². The van der Waals surface area contributed by atoms with Crippen molar-refractivity contribution in [1.82, 2.24) is 5.32 Å². The molecule has 2 atom stereocenters. The van der Waals surface area contributed by atoms with Crippen LogP contribution in [-0.4, -0.2) is 25.3 Å². The Labute approximate surface area is 116 Å². The Bertz CT molecular complexity index is 386. The molecule has 1 aromatic carbocycles. The molecule has 2 aliphatic rings. The molecular formula is C17H25NO. The second kappa shape index (κ2) is 6.06. The fraction of sp³-hybridized carbons (Fsp3) is 0.647. The van der Waals surface area contributed by atoms with E-state index in [4.69, 9.17) is 4.74 Å². The van der Waals surface area contributed by atoms with Crippen molar-refractivity contribution < 1.29 is 4.74 Å². The zero-order chi connectivity index (χ0) is 13.1. The van der Waals surface area contributed by atoms with Gasteiger partial charge in [-0.15, -0.1) is 0 Å². The number of hydrogen-bond donors (Lipinski definition) is 1. The van der Waals surface area contributed by atoms with Crippen LogP contribution >= 0.6 is 0 Å². The largest absolute Gasteiger partial charge is 0.378 e. The highest BCUT2D eigenvalue weighted by Gasteiger charge is 2.32. The summed E-state index contributed by atoms with van der Waals surface area (Å²) in [6.07, 6.45) is 5.49. The summed E-state index contributed by atoms with van der Waals surface area (Å²) in [5.41, 5.74) is 1.51. The molecule has 0 amide bonds. The lowest BCUT2D eigenvalue weighted by molar-refractivity contribution is 0.0853. The maximum absolute atomic E-state index is 5.75. The number of ether oxygens (including phenoxy) is 1. The van der Waals surface area contributed by atoms with E-state index in [1.54, 1.807) is 0 Å². The first kappa shape index (κ1) is 13.1. The van der Waals surface area contributed by atoms with Crippen LogP contribution in [0.2, 0.25) is 0 Å². The van der Waals surface area contributed by atoms with Gasteiger partial charge in [0.05, 0.1) is 6.10 Å². The predicted octanol–water partition coefficient (Wildman–Crippen LogP) is 3.34. The quantitative estimate of drug-likeness (QED) is 0.875. The van der Waals surface area contributed by atoms with Crippen molar-refractivity contribution in [2.24, 2.45) is 5.92 Å². The predicted molar refractivity (Wildman–Crippen MR) is 78.3 cm³/mol. The molecule has 2 nitrogen and oxygen atoms in total. The van der Waals surface area contributed by atoms with E-state index in [2.05, 4.69) is 42.6 Å². The zero-order valence-electron chi connectivity index (χ0n) is 11.8. The van der Waals surface area contributed by atoms with Crippen LogP contribution in [0.15, 0.2) is 30.3 Å². The van der Waals surface area contributed by atoms with E-state index < -0.39 is 0 Å². The summed E-state index contributed by atoms with van der Waals surface area (Å²) in [5, 5.41) is 3.75. The summed E-state index contributed by atoms with van der Waals surface area (Å²) in [6, 6.07) is 11.7. The summed E-state index contributed by atoms with van der Waals surface area (Å²) >= 11 is 0. The van der Waals surface area contributed by atoms with Crippen LogP contribution in [0.25, 0.3) is 0 Å². The second-order valence-corrected chi connectivity index (χ2v) is 6.05. The second-order valence-electron chi connectivity index (χ2n) is 6.05. The van der Waals surface area contributed by atoms with Gasteiger partial charge >= 0.3 is 0 Å². The Morgan fingerprint density at radius 2 is 2.00 bits per heavy atom. The molecule has 1 heterocycles. The monoisotopic (exact) mass is 259 g/mol. The van der Waals surface area contributed by atoms with Gasteiger partial charge in [-0.25, -0.2) is 0 Å². The SMILES string of the molecule is CCC1OCCC1CNC1CC(c2ccccc2)C1. The summed E-state index contributed by atoms with van der Waals surface area (Å²) in [6.45, 7) is 4.34. The topological polar surface area (TPSA) is 21.3 Å². The van der Waals surface area contributed by atoms with E-state index in [0.29, 0.717) is 6.10 Å². The molecule has 19 heavy (non-hydrogen) atoms. The van der Waals surface area contributed by atoms with E-state index in [9.17, 15) is 0 Å². The third-order valence-electron chi connectivity index (χ3n) is 4.83.